The Morgan fingerprint density at radius 2 is 1.83 bits per heavy atom. The Morgan fingerprint density at radius 3 is 2.46 bits per heavy atom. The molecule has 0 spiro atoms. The molecule has 2 fully saturated rings. The fraction of sp³-hybridized carbons (Fsp3) is 0.586. The molecule has 1 aromatic carbocycles. The number of carbonyl (C=O) groups is 1. The Hall–Kier alpha value is -2.76. The van der Waals surface area contributed by atoms with E-state index in [0.29, 0.717) is 23.1 Å². The Morgan fingerprint density at radius 1 is 1.11 bits per heavy atom. The largest absolute Gasteiger partial charge is 0.490 e. The monoisotopic (exact) mass is 479 g/mol. The van der Waals surface area contributed by atoms with Crippen molar-refractivity contribution in [2.75, 3.05) is 11.4 Å². The molecule has 0 bridgehead atoms. The molecular weight excluding hydrogens is 438 g/mol. The van der Waals surface area contributed by atoms with Gasteiger partial charge in [-0.05, 0) is 82.6 Å². The van der Waals surface area contributed by atoms with Crippen LogP contribution in [0.4, 0.5) is 5.69 Å². The van der Waals surface area contributed by atoms with E-state index in [4.69, 9.17) is 4.74 Å². The highest BCUT2D eigenvalue weighted by molar-refractivity contribution is 5.97. The first-order chi connectivity index (χ1) is 16.8. The Kier molecular flexibility index (Phi) is 7.88. The predicted octanol–water partition coefficient (Wildman–Crippen LogP) is 5.57. The summed E-state index contributed by atoms with van der Waals surface area (Å²) in [6.07, 6.45) is 8.53. The lowest BCUT2D eigenvalue weighted by molar-refractivity contribution is 0.0735. The van der Waals surface area contributed by atoms with Crippen molar-refractivity contribution >= 4 is 11.6 Å². The normalized spacial score (nSPS) is 20.3. The molecule has 2 aromatic rings. The molecule has 190 valence electrons. The quantitative estimate of drug-likeness (QED) is 0.519. The number of nitrogens with zero attached hydrogens (tertiary/aromatic N) is 1. The number of carbonyl (C=O) groups excluding carboxylic acids is 1. The molecule has 2 N–H and O–H groups in total. The summed E-state index contributed by atoms with van der Waals surface area (Å²) in [6.45, 7) is 11.3. The molecular formula is C29H41N3O3. The van der Waals surface area contributed by atoms with E-state index in [9.17, 15) is 9.59 Å². The molecule has 0 atom stereocenters. The van der Waals surface area contributed by atoms with Gasteiger partial charge in [-0.1, -0.05) is 26.2 Å². The Bertz CT molecular complexity index is 1110. The SMILES string of the molecule is CCN(c1cc(OC2CC(C)C2)cc(C(=O)NCc2c(C)cc(C)[nH]c2=O)c1C)C1CCCCC1. The number of nitrogens with one attached hydrogen (secondary N) is 2. The summed E-state index contributed by atoms with van der Waals surface area (Å²) in [7, 11) is 0. The van der Waals surface area contributed by atoms with Crippen molar-refractivity contribution < 1.29 is 9.53 Å². The van der Waals surface area contributed by atoms with Gasteiger partial charge in [0.05, 0.1) is 6.10 Å². The average molecular weight is 480 g/mol. The van der Waals surface area contributed by atoms with Crippen molar-refractivity contribution in [3.63, 3.8) is 0 Å². The van der Waals surface area contributed by atoms with E-state index >= 15 is 0 Å². The summed E-state index contributed by atoms with van der Waals surface area (Å²) in [5.41, 5.74) is 4.84. The summed E-state index contributed by atoms with van der Waals surface area (Å²) < 4.78 is 6.34. The van der Waals surface area contributed by atoms with Gasteiger partial charge in [0.25, 0.3) is 11.5 Å². The summed E-state index contributed by atoms with van der Waals surface area (Å²) in [4.78, 5) is 31.2. The lowest BCUT2D eigenvalue weighted by atomic mass is 9.84. The van der Waals surface area contributed by atoms with Gasteiger partial charge in [0.1, 0.15) is 5.75 Å². The number of aryl methyl sites for hydroxylation is 2. The second kappa shape index (κ2) is 10.9. The third-order valence-electron chi connectivity index (χ3n) is 7.82. The lowest BCUT2D eigenvalue weighted by Crippen LogP contribution is -2.38. The molecule has 1 amide bonds. The number of hydrogen-bond donors (Lipinski definition) is 2. The molecule has 2 aliphatic carbocycles. The minimum Gasteiger partial charge on any atom is -0.490 e. The van der Waals surface area contributed by atoms with Crippen LogP contribution in [0.25, 0.3) is 0 Å². The van der Waals surface area contributed by atoms with Crippen molar-refractivity contribution in [2.24, 2.45) is 5.92 Å². The van der Waals surface area contributed by atoms with Gasteiger partial charge in [-0.15, -0.1) is 0 Å². The van der Waals surface area contributed by atoms with Crippen molar-refractivity contribution in [3.05, 3.63) is 56.5 Å². The molecule has 0 saturated heterocycles. The highest BCUT2D eigenvalue weighted by Crippen LogP contribution is 2.37. The number of pyridine rings is 1. The van der Waals surface area contributed by atoms with Gasteiger partial charge in [0.2, 0.25) is 0 Å². The molecule has 0 unspecified atom stereocenters. The van der Waals surface area contributed by atoms with Crippen LogP contribution in [0.2, 0.25) is 0 Å². The molecule has 2 saturated carbocycles. The molecule has 6 heteroatoms. The van der Waals surface area contributed by atoms with Crippen molar-refractivity contribution in [2.45, 2.75) is 98.3 Å². The number of aromatic amines is 1. The van der Waals surface area contributed by atoms with Crippen LogP contribution in [0.3, 0.4) is 0 Å². The van der Waals surface area contributed by atoms with Gasteiger partial charge in [-0.25, -0.2) is 0 Å². The van der Waals surface area contributed by atoms with Gasteiger partial charge in [0, 0.05) is 47.7 Å². The second-order valence-electron chi connectivity index (χ2n) is 10.6. The number of hydrogen-bond acceptors (Lipinski definition) is 4. The zero-order valence-electron chi connectivity index (χ0n) is 22.0. The van der Waals surface area contributed by atoms with E-state index < -0.39 is 0 Å². The van der Waals surface area contributed by atoms with Gasteiger partial charge >= 0.3 is 0 Å². The summed E-state index contributed by atoms with van der Waals surface area (Å²) in [5, 5.41) is 3.00. The van der Waals surface area contributed by atoms with Crippen LogP contribution < -0.4 is 20.5 Å². The van der Waals surface area contributed by atoms with E-state index in [1.807, 2.05) is 32.9 Å². The smallest absolute Gasteiger partial charge is 0.253 e. The minimum atomic E-state index is -0.171. The number of H-pyrrole nitrogens is 1. The zero-order valence-corrected chi connectivity index (χ0v) is 22.0. The van der Waals surface area contributed by atoms with Crippen molar-refractivity contribution in [3.8, 4) is 5.75 Å². The molecule has 6 nitrogen and oxygen atoms in total. The zero-order chi connectivity index (χ0) is 25.1. The number of aromatic nitrogens is 1. The summed E-state index contributed by atoms with van der Waals surface area (Å²) >= 11 is 0. The number of amides is 1. The molecule has 1 aromatic heterocycles. The van der Waals surface area contributed by atoms with Crippen LogP contribution in [0.15, 0.2) is 23.0 Å². The fourth-order valence-corrected chi connectivity index (χ4v) is 5.78. The van der Waals surface area contributed by atoms with Crippen LogP contribution in [0.5, 0.6) is 5.75 Å². The van der Waals surface area contributed by atoms with E-state index in [-0.39, 0.29) is 24.1 Å². The molecule has 2 aliphatic rings. The third kappa shape index (κ3) is 5.74. The molecule has 1 heterocycles. The lowest BCUT2D eigenvalue weighted by Gasteiger charge is -2.37. The van der Waals surface area contributed by atoms with Crippen molar-refractivity contribution in [1.29, 1.82) is 0 Å². The highest BCUT2D eigenvalue weighted by atomic mass is 16.5. The van der Waals surface area contributed by atoms with Crippen LogP contribution in [0.1, 0.15) is 91.5 Å². The predicted molar refractivity (Wildman–Crippen MR) is 142 cm³/mol. The fourth-order valence-electron chi connectivity index (χ4n) is 5.78. The van der Waals surface area contributed by atoms with Crippen LogP contribution >= 0.6 is 0 Å². The highest BCUT2D eigenvalue weighted by Gasteiger charge is 2.29. The maximum atomic E-state index is 13.4. The molecule has 0 radical (unpaired) electrons. The number of benzene rings is 1. The standard InChI is InChI=1S/C29H41N3O3/c1-6-32(22-10-8-7-9-11-22)27-16-24(35-23-12-18(2)13-23)15-25(21(27)5)28(33)30-17-26-19(3)14-20(4)31-29(26)34/h14-16,18,22-23H,6-13,17H2,1-5H3,(H,30,33)(H,31,34). The minimum absolute atomic E-state index is 0.147. The first kappa shape index (κ1) is 25.3. The van der Waals surface area contributed by atoms with Crippen LogP contribution in [-0.4, -0.2) is 29.6 Å². The molecule has 35 heavy (non-hydrogen) atoms. The molecule has 4 rings (SSSR count). The van der Waals surface area contributed by atoms with Crippen LogP contribution in [0, 0.1) is 26.7 Å². The van der Waals surface area contributed by atoms with E-state index in [0.717, 1.165) is 47.6 Å². The Labute approximate surface area is 209 Å². The summed E-state index contributed by atoms with van der Waals surface area (Å²) in [6, 6.07) is 6.46. The maximum Gasteiger partial charge on any atom is 0.253 e. The van der Waals surface area contributed by atoms with Gasteiger partial charge in [-0.2, -0.15) is 0 Å². The van der Waals surface area contributed by atoms with Gasteiger partial charge in [0.15, 0.2) is 0 Å². The average Bonchev–Trinajstić information content (AvgIpc) is 2.80. The number of rotatable bonds is 8. The Balaban J connectivity index is 1.63. The van der Waals surface area contributed by atoms with Crippen LogP contribution in [-0.2, 0) is 6.54 Å². The summed E-state index contributed by atoms with van der Waals surface area (Å²) in [5.74, 6) is 1.29. The van der Waals surface area contributed by atoms with Crippen molar-refractivity contribution in [1.82, 2.24) is 10.3 Å². The number of ether oxygens (including phenoxy) is 1. The number of anilines is 1. The maximum absolute atomic E-state index is 13.4. The molecule has 0 aliphatic heterocycles. The third-order valence-corrected chi connectivity index (χ3v) is 7.82. The first-order valence-corrected chi connectivity index (χ1v) is 13.3. The topological polar surface area (TPSA) is 74.4 Å². The van der Waals surface area contributed by atoms with Gasteiger partial charge in [-0.3, -0.25) is 9.59 Å². The van der Waals surface area contributed by atoms with E-state index in [1.165, 1.54) is 32.1 Å². The van der Waals surface area contributed by atoms with Gasteiger partial charge < -0.3 is 19.9 Å². The van der Waals surface area contributed by atoms with E-state index in [1.54, 1.807) is 0 Å². The second-order valence-corrected chi connectivity index (χ2v) is 10.6. The van der Waals surface area contributed by atoms with E-state index in [2.05, 4.69) is 35.1 Å². The first-order valence-electron chi connectivity index (χ1n) is 13.3.